The number of nitrogens with one attached hydrogen (secondary N) is 1. The summed E-state index contributed by atoms with van der Waals surface area (Å²) in [6.07, 6.45) is 3.63. The SMILES string of the molecule is Clc1cc2c(c(C3CCCCN3)c1)OCO2. The van der Waals surface area contributed by atoms with Crippen LogP contribution in [-0.2, 0) is 0 Å². The standard InChI is InChI=1S/C12H14ClNO2/c13-8-5-9(10-3-1-2-4-14-10)12-11(6-8)15-7-16-12/h5-6,10,14H,1-4,7H2. The first-order chi connectivity index (χ1) is 7.84. The van der Waals surface area contributed by atoms with Crippen LogP contribution in [0, 0.1) is 0 Å². The number of rotatable bonds is 1. The molecule has 0 bridgehead atoms. The Morgan fingerprint density at radius 1 is 1.25 bits per heavy atom. The first-order valence-electron chi connectivity index (χ1n) is 5.67. The molecule has 3 nitrogen and oxygen atoms in total. The van der Waals surface area contributed by atoms with Gasteiger partial charge in [0.05, 0.1) is 0 Å². The number of benzene rings is 1. The van der Waals surface area contributed by atoms with Crippen LogP contribution < -0.4 is 14.8 Å². The zero-order valence-corrected chi connectivity index (χ0v) is 9.72. The summed E-state index contributed by atoms with van der Waals surface area (Å²) in [5, 5.41) is 4.21. The molecule has 4 heteroatoms. The van der Waals surface area contributed by atoms with E-state index in [2.05, 4.69) is 5.32 Å². The lowest BCUT2D eigenvalue weighted by Gasteiger charge is -2.24. The minimum Gasteiger partial charge on any atom is -0.454 e. The highest BCUT2D eigenvalue weighted by atomic mass is 35.5. The van der Waals surface area contributed by atoms with Gasteiger partial charge in [-0.2, -0.15) is 0 Å². The number of halogens is 1. The van der Waals surface area contributed by atoms with Crippen LogP contribution in [0.4, 0.5) is 0 Å². The predicted molar refractivity (Wildman–Crippen MR) is 62.2 cm³/mol. The monoisotopic (exact) mass is 239 g/mol. The van der Waals surface area contributed by atoms with Crippen molar-refractivity contribution in [3.63, 3.8) is 0 Å². The van der Waals surface area contributed by atoms with E-state index in [0.29, 0.717) is 17.9 Å². The molecule has 1 atom stereocenters. The van der Waals surface area contributed by atoms with Crippen molar-refractivity contribution in [2.75, 3.05) is 13.3 Å². The summed E-state index contributed by atoms with van der Waals surface area (Å²) in [5.41, 5.74) is 1.14. The quantitative estimate of drug-likeness (QED) is 0.818. The van der Waals surface area contributed by atoms with Gasteiger partial charge in [0.25, 0.3) is 0 Å². The van der Waals surface area contributed by atoms with Gasteiger partial charge in [0.2, 0.25) is 6.79 Å². The lowest BCUT2D eigenvalue weighted by atomic mass is 9.96. The summed E-state index contributed by atoms with van der Waals surface area (Å²) in [6, 6.07) is 4.15. The van der Waals surface area contributed by atoms with E-state index >= 15 is 0 Å². The highest BCUT2D eigenvalue weighted by molar-refractivity contribution is 6.30. The number of hydrogen-bond acceptors (Lipinski definition) is 3. The summed E-state index contributed by atoms with van der Waals surface area (Å²) >= 11 is 6.08. The van der Waals surface area contributed by atoms with Gasteiger partial charge in [0.1, 0.15) is 0 Å². The maximum absolute atomic E-state index is 6.08. The molecule has 0 radical (unpaired) electrons. The summed E-state index contributed by atoms with van der Waals surface area (Å²) in [5.74, 6) is 1.64. The molecule has 3 rings (SSSR count). The van der Waals surface area contributed by atoms with Crippen LogP contribution in [0.5, 0.6) is 11.5 Å². The number of piperidine rings is 1. The molecule has 0 aromatic heterocycles. The molecule has 1 aromatic carbocycles. The molecule has 1 unspecified atom stereocenters. The second kappa shape index (κ2) is 4.15. The molecule has 0 amide bonds. The Balaban J connectivity index is 1.99. The Hall–Kier alpha value is -0.930. The fourth-order valence-corrected chi connectivity index (χ4v) is 2.60. The van der Waals surface area contributed by atoms with Crippen LogP contribution in [0.15, 0.2) is 12.1 Å². The van der Waals surface area contributed by atoms with Crippen LogP contribution in [0.25, 0.3) is 0 Å². The Morgan fingerprint density at radius 3 is 3.00 bits per heavy atom. The number of ether oxygens (including phenoxy) is 2. The van der Waals surface area contributed by atoms with Crippen molar-refractivity contribution >= 4 is 11.6 Å². The van der Waals surface area contributed by atoms with Crippen molar-refractivity contribution in [1.82, 2.24) is 5.32 Å². The highest BCUT2D eigenvalue weighted by Crippen LogP contribution is 2.42. The highest BCUT2D eigenvalue weighted by Gasteiger charge is 2.25. The molecule has 1 aromatic rings. The van der Waals surface area contributed by atoms with E-state index < -0.39 is 0 Å². The van der Waals surface area contributed by atoms with Gasteiger partial charge in [0.15, 0.2) is 11.5 Å². The molecule has 2 heterocycles. The number of hydrogen-bond donors (Lipinski definition) is 1. The van der Waals surface area contributed by atoms with Crippen molar-refractivity contribution in [2.45, 2.75) is 25.3 Å². The van der Waals surface area contributed by atoms with Gasteiger partial charge < -0.3 is 14.8 Å². The van der Waals surface area contributed by atoms with Crippen LogP contribution in [-0.4, -0.2) is 13.3 Å². The van der Waals surface area contributed by atoms with Crippen molar-refractivity contribution in [1.29, 1.82) is 0 Å². The average molecular weight is 240 g/mol. The molecular formula is C12H14ClNO2. The summed E-state index contributed by atoms with van der Waals surface area (Å²) in [7, 11) is 0. The van der Waals surface area contributed by atoms with Gasteiger partial charge in [-0.25, -0.2) is 0 Å². The van der Waals surface area contributed by atoms with Gasteiger partial charge in [-0.1, -0.05) is 18.0 Å². The average Bonchev–Trinajstić information content (AvgIpc) is 2.77. The van der Waals surface area contributed by atoms with Gasteiger partial charge in [-0.3, -0.25) is 0 Å². The van der Waals surface area contributed by atoms with Crippen molar-refractivity contribution in [2.24, 2.45) is 0 Å². The fraction of sp³-hybridized carbons (Fsp3) is 0.500. The minimum absolute atomic E-state index is 0.301. The van der Waals surface area contributed by atoms with Crippen LogP contribution >= 0.6 is 11.6 Å². The molecule has 86 valence electrons. The molecule has 1 fully saturated rings. The van der Waals surface area contributed by atoms with E-state index in [4.69, 9.17) is 21.1 Å². The third-order valence-corrected chi connectivity index (χ3v) is 3.37. The van der Waals surface area contributed by atoms with E-state index in [1.54, 1.807) is 0 Å². The Bertz CT molecular complexity index is 402. The second-order valence-electron chi connectivity index (χ2n) is 4.23. The van der Waals surface area contributed by atoms with E-state index in [1.165, 1.54) is 12.8 Å². The molecule has 16 heavy (non-hydrogen) atoms. The first-order valence-corrected chi connectivity index (χ1v) is 6.05. The van der Waals surface area contributed by atoms with Crippen molar-refractivity contribution in [3.8, 4) is 11.5 Å². The fourth-order valence-electron chi connectivity index (χ4n) is 2.38. The predicted octanol–water partition coefficient (Wildman–Crippen LogP) is 2.88. The van der Waals surface area contributed by atoms with Crippen molar-refractivity contribution < 1.29 is 9.47 Å². The van der Waals surface area contributed by atoms with Crippen LogP contribution in [0.2, 0.25) is 5.02 Å². The summed E-state index contributed by atoms with van der Waals surface area (Å²) in [6.45, 7) is 1.36. The number of fused-ring (bicyclic) bond motifs is 1. The first kappa shape index (κ1) is 10.2. The normalized spacial score (nSPS) is 23.4. The smallest absolute Gasteiger partial charge is 0.231 e. The van der Waals surface area contributed by atoms with Gasteiger partial charge in [-0.05, 0) is 25.5 Å². The Kier molecular flexibility index (Phi) is 2.65. The second-order valence-corrected chi connectivity index (χ2v) is 4.67. The maximum Gasteiger partial charge on any atom is 0.231 e. The lowest BCUT2D eigenvalue weighted by molar-refractivity contribution is 0.172. The van der Waals surface area contributed by atoms with E-state index in [9.17, 15) is 0 Å². The molecule has 0 spiro atoms. The van der Waals surface area contributed by atoms with Gasteiger partial charge in [0, 0.05) is 22.7 Å². The van der Waals surface area contributed by atoms with Gasteiger partial charge in [-0.15, -0.1) is 0 Å². The maximum atomic E-state index is 6.08. The third kappa shape index (κ3) is 1.74. The zero-order valence-electron chi connectivity index (χ0n) is 8.96. The van der Waals surface area contributed by atoms with Crippen LogP contribution in [0.1, 0.15) is 30.9 Å². The van der Waals surface area contributed by atoms with E-state index in [-0.39, 0.29) is 0 Å². The third-order valence-electron chi connectivity index (χ3n) is 3.15. The lowest BCUT2D eigenvalue weighted by Crippen LogP contribution is -2.26. The summed E-state index contributed by atoms with van der Waals surface area (Å²) < 4.78 is 10.9. The molecule has 0 aliphatic carbocycles. The molecule has 1 saturated heterocycles. The van der Waals surface area contributed by atoms with Gasteiger partial charge >= 0.3 is 0 Å². The molecule has 2 aliphatic heterocycles. The summed E-state index contributed by atoms with van der Waals surface area (Å²) in [4.78, 5) is 0. The Labute approximate surface area is 99.7 Å². The minimum atomic E-state index is 0.301. The topological polar surface area (TPSA) is 30.5 Å². The van der Waals surface area contributed by atoms with E-state index in [0.717, 1.165) is 30.0 Å². The van der Waals surface area contributed by atoms with E-state index in [1.807, 2.05) is 12.1 Å². The zero-order chi connectivity index (χ0) is 11.0. The molecule has 1 N–H and O–H groups in total. The molecular weight excluding hydrogens is 226 g/mol. The van der Waals surface area contributed by atoms with Crippen LogP contribution in [0.3, 0.4) is 0 Å². The Morgan fingerprint density at radius 2 is 2.19 bits per heavy atom. The molecule has 2 aliphatic rings. The van der Waals surface area contributed by atoms with Crippen molar-refractivity contribution in [3.05, 3.63) is 22.7 Å². The molecule has 0 saturated carbocycles. The largest absolute Gasteiger partial charge is 0.454 e.